The minimum Gasteiger partial charge on any atom is -0.303 e. The van der Waals surface area contributed by atoms with Crippen LogP contribution in [0.2, 0.25) is 0 Å². The van der Waals surface area contributed by atoms with Crippen LogP contribution >= 0.6 is 0 Å². The van der Waals surface area contributed by atoms with Crippen molar-refractivity contribution in [2.45, 2.75) is 19.8 Å². The Bertz CT molecular complexity index is 293. The quantitative estimate of drug-likeness (QED) is 0.452. The second-order valence-electron chi connectivity index (χ2n) is 2.88. The molecular formula is C8H14O5S. The van der Waals surface area contributed by atoms with Crippen molar-refractivity contribution in [1.29, 1.82) is 0 Å². The summed E-state index contributed by atoms with van der Waals surface area (Å²) < 4.78 is 26.1. The summed E-state index contributed by atoms with van der Waals surface area (Å²) in [6.45, 7) is 1.66. The normalized spacial score (nSPS) is 13.6. The summed E-state index contributed by atoms with van der Waals surface area (Å²) in [5, 5.41) is 0. The molecule has 0 aromatic rings. The fourth-order valence-electron chi connectivity index (χ4n) is 0.913. The van der Waals surface area contributed by atoms with Crippen molar-refractivity contribution in [3.05, 3.63) is 0 Å². The van der Waals surface area contributed by atoms with Crippen LogP contribution in [0.4, 0.5) is 0 Å². The van der Waals surface area contributed by atoms with Crippen LogP contribution in [0.5, 0.6) is 0 Å². The molecule has 82 valence electrons. The molecule has 0 unspecified atom stereocenters. The summed E-state index contributed by atoms with van der Waals surface area (Å²) in [4.78, 5) is 21.4. The lowest BCUT2D eigenvalue weighted by molar-refractivity contribution is -0.122. The van der Waals surface area contributed by atoms with E-state index in [4.69, 9.17) is 0 Å². The van der Waals surface area contributed by atoms with Gasteiger partial charge in [0, 0.05) is 18.8 Å². The van der Waals surface area contributed by atoms with Gasteiger partial charge in [0.05, 0.1) is 12.9 Å². The maximum Gasteiger partial charge on any atom is 0.267 e. The first-order valence-electron chi connectivity index (χ1n) is 4.20. The van der Waals surface area contributed by atoms with Gasteiger partial charge in [-0.3, -0.25) is 8.98 Å². The topological polar surface area (TPSA) is 77.5 Å². The number of carbonyl (C=O) groups is 2. The zero-order valence-corrected chi connectivity index (χ0v) is 9.04. The van der Waals surface area contributed by atoms with Crippen molar-refractivity contribution < 1.29 is 22.2 Å². The predicted molar refractivity (Wildman–Crippen MR) is 50.3 cm³/mol. The van der Waals surface area contributed by atoms with Gasteiger partial charge in [0.1, 0.15) is 12.1 Å². The summed E-state index contributed by atoms with van der Waals surface area (Å²) in [6.07, 6.45) is 0.740. The summed E-state index contributed by atoms with van der Waals surface area (Å²) >= 11 is 0. The second-order valence-corrected chi connectivity index (χ2v) is 4.67. The zero-order chi connectivity index (χ0) is 11.2. The highest BCUT2D eigenvalue weighted by molar-refractivity contribution is 7.86. The number of carbonyl (C=O) groups excluding carboxylic acids is 2. The molecule has 0 amide bonds. The van der Waals surface area contributed by atoms with Crippen LogP contribution in [-0.4, -0.2) is 33.3 Å². The van der Waals surface area contributed by atoms with E-state index in [2.05, 4.69) is 4.18 Å². The van der Waals surface area contributed by atoms with E-state index in [0.29, 0.717) is 12.7 Å². The maximum absolute atomic E-state index is 11.0. The molecule has 0 heterocycles. The zero-order valence-electron chi connectivity index (χ0n) is 8.23. The van der Waals surface area contributed by atoms with Gasteiger partial charge in [0.2, 0.25) is 0 Å². The molecule has 0 aliphatic heterocycles. The Morgan fingerprint density at radius 3 is 2.43 bits per heavy atom. The summed E-state index contributed by atoms with van der Waals surface area (Å²) in [5.41, 5.74) is 0. The molecule has 0 bridgehead atoms. The molecular weight excluding hydrogens is 208 g/mol. The van der Waals surface area contributed by atoms with E-state index in [1.54, 1.807) is 6.92 Å². The first-order chi connectivity index (χ1) is 6.45. The molecule has 1 atom stereocenters. The molecule has 0 aliphatic rings. The van der Waals surface area contributed by atoms with Gasteiger partial charge in [-0.2, -0.15) is 8.42 Å². The van der Waals surface area contributed by atoms with Crippen molar-refractivity contribution in [2.75, 3.05) is 12.9 Å². The smallest absolute Gasteiger partial charge is 0.267 e. The molecule has 0 fully saturated rings. The molecule has 0 N–H and O–H groups in total. The highest BCUT2D eigenvalue weighted by Crippen LogP contribution is 2.07. The van der Waals surface area contributed by atoms with Crippen LogP contribution in [0.25, 0.3) is 0 Å². The molecule has 0 aliphatic carbocycles. The van der Waals surface area contributed by atoms with Gasteiger partial charge in [-0.25, -0.2) is 0 Å². The molecule has 0 radical (unpaired) electrons. The van der Waals surface area contributed by atoms with Gasteiger partial charge in [-0.15, -0.1) is 0 Å². The Morgan fingerprint density at radius 2 is 2.07 bits per heavy atom. The Morgan fingerprint density at radius 1 is 1.50 bits per heavy atom. The molecule has 6 heteroatoms. The van der Waals surface area contributed by atoms with E-state index in [1.165, 1.54) is 0 Å². The molecule has 14 heavy (non-hydrogen) atoms. The number of rotatable bonds is 7. The standard InChI is InChI=1S/C8H14O5S/c1-3-8(10)4-7(5-9)6-14(11,12)13-2/h5,7H,3-4,6H2,1-2H3/t7-/m0/s1. The van der Waals surface area contributed by atoms with Crippen LogP contribution in [-0.2, 0) is 23.9 Å². The van der Waals surface area contributed by atoms with E-state index in [-0.39, 0.29) is 12.2 Å². The lowest BCUT2D eigenvalue weighted by Crippen LogP contribution is -2.21. The summed E-state index contributed by atoms with van der Waals surface area (Å²) in [7, 11) is -2.64. The van der Waals surface area contributed by atoms with E-state index in [1.807, 2.05) is 0 Å². The number of hydrogen-bond acceptors (Lipinski definition) is 5. The van der Waals surface area contributed by atoms with Gasteiger partial charge in [0.25, 0.3) is 10.1 Å². The number of hydrogen-bond donors (Lipinski definition) is 0. The van der Waals surface area contributed by atoms with Gasteiger partial charge >= 0.3 is 0 Å². The van der Waals surface area contributed by atoms with Crippen LogP contribution in [0.1, 0.15) is 19.8 Å². The Hall–Kier alpha value is -0.750. The second kappa shape index (κ2) is 5.87. The highest BCUT2D eigenvalue weighted by Gasteiger charge is 2.20. The van der Waals surface area contributed by atoms with Gasteiger partial charge in [-0.05, 0) is 0 Å². The van der Waals surface area contributed by atoms with Crippen LogP contribution < -0.4 is 0 Å². The third-order valence-electron chi connectivity index (χ3n) is 1.75. The molecule has 0 saturated heterocycles. The third kappa shape index (κ3) is 5.08. The SMILES string of the molecule is CCC(=O)C[C@@H](C=O)CS(=O)(=O)OC. The van der Waals surface area contributed by atoms with E-state index >= 15 is 0 Å². The summed E-state index contributed by atoms with van der Waals surface area (Å²) in [5.74, 6) is -1.36. The van der Waals surface area contributed by atoms with Crippen molar-refractivity contribution in [1.82, 2.24) is 0 Å². The van der Waals surface area contributed by atoms with Crippen LogP contribution in [0.15, 0.2) is 0 Å². The van der Waals surface area contributed by atoms with E-state index in [0.717, 1.165) is 7.11 Å². The minimum atomic E-state index is -3.67. The van der Waals surface area contributed by atoms with Gasteiger partial charge in [-0.1, -0.05) is 6.92 Å². The Kier molecular flexibility index (Phi) is 5.56. The average molecular weight is 222 g/mol. The van der Waals surface area contributed by atoms with Crippen LogP contribution in [0.3, 0.4) is 0 Å². The number of Topliss-reactive ketones (excluding diaryl/α,β-unsaturated/α-hetero) is 1. The lowest BCUT2D eigenvalue weighted by Gasteiger charge is -2.07. The number of aldehydes is 1. The maximum atomic E-state index is 11.0. The minimum absolute atomic E-state index is 0.0391. The molecule has 0 spiro atoms. The third-order valence-corrected chi connectivity index (χ3v) is 3.09. The predicted octanol–water partition coefficient (Wildman–Crippen LogP) is 0.147. The van der Waals surface area contributed by atoms with Crippen molar-refractivity contribution in [2.24, 2.45) is 5.92 Å². The molecule has 0 saturated carbocycles. The highest BCUT2D eigenvalue weighted by atomic mass is 32.2. The monoisotopic (exact) mass is 222 g/mol. The molecule has 0 aromatic carbocycles. The van der Waals surface area contributed by atoms with Crippen molar-refractivity contribution in [3.63, 3.8) is 0 Å². The first kappa shape index (κ1) is 13.2. The largest absolute Gasteiger partial charge is 0.303 e. The summed E-state index contributed by atoms with van der Waals surface area (Å²) in [6, 6.07) is 0. The fourth-order valence-corrected chi connectivity index (χ4v) is 1.77. The van der Waals surface area contributed by atoms with E-state index < -0.39 is 21.8 Å². The number of ketones is 1. The molecule has 0 rings (SSSR count). The Balaban J connectivity index is 4.31. The fraction of sp³-hybridized carbons (Fsp3) is 0.750. The van der Waals surface area contributed by atoms with Crippen LogP contribution in [0, 0.1) is 5.92 Å². The van der Waals surface area contributed by atoms with Crippen molar-refractivity contribution in [3.8, 4) is 0 Å². The van der Waals surface area contributed by atoms with E-state index in [9.17, 15) is 18.0 Å². The first-order valence-corrected chi connectivity index (χ1v) is 5.78. The Labute approximate surface area is 83.6 Å². The molecule has 0 aromatic heterocycles. The van der Waals surface area contributed by atoms with Crippen molar-refractivity contribution >= 4 is 22.2 Å². The van der Waals surface area contributed by atoms with Gasteiger partial charge in [0.15, 0.2) is 0 Å². The average Bonchev–Trinajstić information content (AvgIpc) is 2.16. The van der Waals surface area contributed by atoms with Gasteiger partial charge < -0.3 is 4.79 Å². The molecule has 5 nitrogen and oxygen atoms in total. The lowest BCUT2D eigenvalue weighted by atomic mass is 10.1.